The summed E-state index contributed by atoms with van der Waals surface area (Å²) in [5.41, 5.74) is 7.18. The normalized spacial score (nSPS) is 32.1. The summed E-state index contributed by atoms with van der Waals surface area (Å²) in [5, 5.41) is 33.0. The summed E-state index contributed by atoms with van der Waals surface area (Å²) in [5.74, 6) is -1.11. The lowest BCUT2D eigenvalue weighted by Crippen LogP contribution is -2.52. The van der Waals surface area contributed by atoms with Crippen LogP contribution in [-0.4, -0.2) is 51.4 Å². The molecule has 186 valence electrons. The first kappa shape index (κ1) is 24.1. The molecule has 2 aliphatic carbocycles. The van der Waals surface area contributed by atoms with Crippen LogP contribution >= 0.6 is 0 Å². The number of benzene rings is 2. The van der Waals surface area contributed by atoms with E-state index in [1.54, 1.807) is 45.9 Å². The maximum absolute atomic E-state index is 13.6. The number of rotatable bonds is 2. The molecule has 0 amide bonds. The van der Waals surface area contributed by atoms with Crippen LogP contribution in [0, 0.1) is 13.8 Å². The van der Waals surface area contributed by atoms with Crippen molar-refractivity contribution in [3.8, 4) is 5.75 Å². The average molecular weight is 482 g/mol. The molecule has 6 unspecified atom stereocenters. The Morgan fingerprint density at radius 3 is 2.54 bits per heavy atom. The van der Waals surface area contributed by atoms with Gasteiger partial charge < -0.3 is 30.5 Å². The van der Waals surface area contributed by atoms with Gasteiger partial charge in [-0.2, -0.15) is 0 Å². The number of phenolic OH excluding ortho intramolecular Hbond substituents is 1. The number of carbonyl (C=O) groups is 2. The van der Waals surface area contributed by atoms with Crippen LogP contribution in [0.15, 0.2) is 18.2 Å². The number of nitrogens with two attached hydrogens (primary N) is 1. The highest BCUT2D eigenvalue weighted by molar-refractivity contribution is 6.30. The number of carbonyl (C=O) groups excluding carboxylic acids is 2. The standard InChI is InChI=1S/C27H31NO7/c1-11-6-5-7-14-18(11)25(31)21-19(24(14)30)12(2)22-20(26(21)32)16(8-9-27(22,4)33)35-17-10-15(28)23(29)13(3)34-17/h5-7,13,15-17,23,29,32-33H,8-10,28H2,1-4H3. The second-order valence-corrected chi connectivity index (χ2v) is 10.3. The van der Waals surface area contributed by atoms with Gasteiger partial charge >= 0.3 is 0 Å². The second kappa shape index (κ2) is 8.21. The molecule has 8 nitrogen and oxygen atoms in total. The Morgan fingerprint density at radius 2 is 1.86 bits per heavy atom. The molecule has 0 radical (unpaired) electrons. The number of ether oxygens (including phenoxy) is 2. The molecule has 3 aliphatic rings. The van der Waals surface area contributed by atoms with Crippen molar-refractivity contribution in [2.24, 2.45) is 5.73 Å². The third-order valence-electron chi connectivity index (χ3n) is 7.78. The molecule has 5 N–H and O–H groups in total. The van der Waals surface area contributed by atoms with E-state index in [1.807, 2.05) is 0 Å². The van der Waals surface area contributed by atoms with Crippen molar-refractivity contribution in [1.29, 1.82) is 0 Å². The van der Waals surface area contributed by atoms with Crippen LogP contribution < -0.4 is 5.73 Å². The van der Waals surface area contributed by atoms with Gasteiger partial charge in [0.1, 0.15) is 5.75 Å². The van der Waals surface area contributed by atoms with Crippen molar-refractivity contribution in [2.75, 3.05) is 0 Å². The largest absolute Gasteiger partial charge is 0.507 e. The van der Waals surface area contributed by atoms with Gasteiger partial charge in [-0.25, -0.2) is 0 Å². The number of phenols is 1. The van der Waals surface area contributed by atoms with Crippen LogP contribution in [0.3, 0.4) is 0 Å². The maximum Gasteiger partial charge on any atom is 0.198 e. The summed E-state index contributed by atoms with van der Waals surface area (Å²) in [6.45, 7) is 6.81. The van der Waals surface area contributed by atoms with Crippen LogP contribution in [0.5, 0.6) is 5.75 Å². The smallest absolute Gasteiger partial charge is 0.198 e. The molecule has 0 aromatic heterocycles. The van der Waals surface area contributed by atoms with Crippen LogP contribution in [0.1, 0.15) is 93.3 Å². The van der Waals surface area contributed by atoms with E-state index in [9.17, 15) is 24.9 Å². The fourth-order valence-corrected chi connectivity index (χ4v) is 5.99. The summed E-state index contributed by atoms with van der Waals surface area (Å²) in [4.78, 5) is 27.2. The molecule has 0 bridgehead atoms. The van der Waals surface area contributed by atoms with E-state index < -0.39 is 42.0 Å². The number of hydrogen-bond acceptors (Lipinski definition) is 8. The zero-order valence-electron chi connectivity index (χ0n) is 20.3. The van der Waals surface area contributed by atoms with Gasteiger partial charge in [0, 0.05) is 34.7 Å². The minimum atomic E-state index is -1.34. The van der Waals surface area contributed by atoms with Crippen LogP contribution in [0.4, 0.5) is 0 Å². The lowest BCUT2D eigenvalue weighted by molar-refractivity contribution is -0.244. The summed E-state index contributed by atoms with van der Waals surface area (Å²) < 4.78 is 12.0. The number of aromatic hydroxyl groups is 1. The van der Waals surface area contributed by atoms with Crippen molar-refractivity contribution < 1.29 is 34.4 Å². The van der Waals surface area contributed by atoms with E-state index in [0.29, 0.717) is 40.7 Å². The molecular weight excluding hydrogens is 450 g/mol. The minimum absolute atomic E-state index is 0.0515. The first-order valence-electron chi connectivity index (χ1n) is 12.0. The molecule has 1 fully saturated rings. The van der Waals surface area contributed by atoms with Gasteiger partial charge in [-0.15, -0.1) is 0 Å². The molecule has 1 heterocycles. The number of aryl methyl sites for hydroxylation is 1. The summed E-state index contributed by atoms with van der Waals surface area (Å²) in [6.07, 6.45) is -1.86. The first-order chi connectivity index (χ1) is 16.4. The molecule has 1 saturated heterocycles. The zero-order chi connectivity index (χ0) is 25.4. The molecule has 2 aromatic carbocycles. The molecule has 1 aliphatic heterocycles. The van der Waals surface area contributed by atoms with Crippen LogP contribution in [-0.2, 0) is 15.1 Å². The van der Waals surface area contributed by atoms with Crippen molar-refractivity contribution in [3.05, 3.63) is 62.7 Å². The van der Waals surface area contributed by atoms with E-state index in [0.717, 1.165) is 0 Å². The van der Waals surface area contributed by atoms with Gasteiger partial charge in [-0.3, -0.25) is 9.59 Å². The van der Waals surface area contributed by atoms with E-state index in [4.69, 9.17) is 15.2 Å². The Hall–Kier alpha value is -2.62. The van der Waals surface area contributed by atoms with Gasteiger partial charge in [-0.05, 0) is 57.2 Å². The third kappa shape index (κ3) is 3.55. The minimum Gasteiger partial charge on any atom is -0.507 e. The predicted molar refractivity (Wildman–Crippen MR) is 126 cm³/mol. The topological polar surface area (TPSA) is 139 Å². The van der Waals surface area contributed by atoms with Crippen molar-refractivity contribution >= 4 is 11.6 Å². The molecule has 2 aromatic rings. The Bertz CT molecular complexity index is 1240. The molecule has 8 heteroatoms. The highest BCUT2D eigenvalue weighted by Crippen LogP contribution is 2.52. The maximum atomic E-state index is 13.6. The Kier molecular flexibility index (Phi) is 5.65. The van der Waals surface area contributed by atoms with Gasteiger partial charge in [0.2, 0.25) is 0 Å². The fourth-order valence-electron chi connectivity index (χ4n) is 5.99. The van der Waals surface area contributed by atoms with Gasteiger partial charge in [-0.1, -0.05) is 18.2 Å². The second-order valence-electron chi connectivity index (χ2n) is 10.3. The number of aliphatic hydroxyl groups excluding tert-OH is 1. The lowest BCUT2D eigenvalue weighted by Gasteiger charge is -2.42. The number of fused-ring (bicyclic) bond motifs is 3. The summed E-state index contributed by atoms with van der Waals surface area (Å²) >= 11 is 0. The molecule has 0 saturated carbocycles. The van der Waals surface area contributed by atoms with Gasteiger partial charge in [0.25, 0.3) is 0 Å². The van der Waals surface area contributed by atoms with Gasteiger partial charge in [0.05, 0.1) is 29.5 Å². The SMILES string of the molecule is Cc1cccc2c1C(=O)c1c(O)c3c(c(C)c1C2=O)C(C)(O)CCC3OC1CC(N)C(O)C(C)O1. The number of aliphatic hydroxyl groups is 2. The summed E-state index contributed by atoms with van der Waals surface area (Å²) in [7, 11) is 0. The summed E-state index contributed by atoms with van der Waals surface area (Å²) in [6, 6.07) is 4.57. The van der Waals surface area contributed by atoms with Crippen LogP contribution in [0.2, 0.25) is 0 Å². The Labute approximate surface area is 203 Å². The molecule has 0 spiro atoms. The third-order valence-corrected chi connectivity index (χ3v) is 7.78. The van der Waals surface area contributed by atoms with Crippen molar-refractivity contribution in [1.82, 2.24) is 0 Å². The molecular formula is C27H31NO7. The van der Waals surface area contributed by atoms with E-state index in [2.05, 4.69) is 0 Å². The molecule has 6 atom stereocenters. The zero-order valence-corrected chi connectivity index (χ0v) is 20.3. The Balaban J connectivity index is 1.66. The van der Waals surface area contributed by atoms with E-state index in [-0.39, 0.29) is 34.6 Å². The monoisotopic (exact) mass is 481 g/mol. The van der Waals surface area contributed by atoms with Crippen molar-refractivity contribution in [3.63, 3.8) is 0 Å². The highest BCUT2D eigenvalue weighted by atomic mass is 16.7. The van der Waals surface area contributed by atoms with E-state index >= 15 is 0 Å². The van der Waals surface area contributed by atoms with Crippen molar-refractivity contribution in [2.45, 2.75) is 83.2 Å². The number of ketones is 2. The van der Waals surface area contributed by atoms with E-state index in [1.165, 1.54) is 0 Å². The first-order valence-corrected chi connectivity index (χ1v) is 12.0. The predicted octanol–water partition coefficient (Wildman–Crippen LogP) is 2.67. The number of hydrogen-bond donors (Lipinski definition) is 4. The molecule has 5 rings (SSSR count). The Morgan fingerprint density at radius 1 is 1.14 bits per heavy atom. The quantitative estimate of drug-likeness (QED) is 0.438. The van der Waals surface area contributed by atoms with Gasteiger partial charge in [0.15, 0.2) is 17.9 Å². The van der Waals surface area contributed by atoms with Crippen LogP contribution in [0.25, 0.3) is 0 Å². The molecule has 35 heavy (non-hydrogen) atoms. The average Bonchev–Trinajstić information content (AvgIpc) is 2.79. The fraction of sp³-hybridized carbons (Fsp3) is 0.481. The highest BCUT2D eigenvalue weighted by Gasteiger charge is 2.46. The lowest BCUT2D eigenvalue weighted by atomic mass is 9.70.